The molecule has 6 heteroatoms. The molecule has 3 aromatic carbocycles. The highest BCUT2D eigenvalue weighted by molar-refractivity contribution is 8.00. The zero-order valence-electron chi connectivity index (χ0n) is 18.2. The molecule has 0 saturated heterocycles. The number of nitrogens with one attached hydrogen (secondary N) is 1. The number of halogens is 1. The third-order valence-corrected chi connectivity index (χ3v) is 6.32. The molecule has 0 aliphatic carbocycles. The molecule has 3 aromatic rings. The molecule has 0 bridgehead atoms. The summed E-state index contributed by atoms with van der Waals surface area (Å²) in [5.41, 5.74) is 4.40. The summed E-state index contributed by atoms with van der Waals surface area (Å²) in [5.74, 6) is -0.900. The van der Waals surface area contributed by atoms with Gasteiger partial charge in [-0.2, -0.15) is 0 Å². The number of rotatable bonds is 10. The molecule has 0 radical (unpaired) electrons. The van der Waals surface area contributed by atoms with Crippen molar-refractivity contribution >= 4 is 29.3 Å². The van der Waals surface area contributed by atoms with Gasteiger partial charge in [-0.25, -0.2) is 4.79 Å². The number of hydrogen-bond acceptors (Lipinski definition) is 4. The lowest BCUT2D eigenvalue weighted by Crippen LogP contribution is -2.23. The second kappa shape index (κ2) is 11.5. The Balaban J connectivity index is 1.57. The summed E-state index contributed by atoms with van der Waals surface area (Å²) in [6, 6.07) is 21.1. The molecular weight excluding hydrogens is 442 g/mol. The molecule has 32 heavy (non-hydrogen) atoms. The Labute approximate surface area is 198 Å². The molecule has 3 N–H and O–H groups in total. The summed E-state index contributed by atoms with van der Waals surface area (Å²) in [7, 11) is 0. The predicted molar refractivity (Wildman–Crippen MR) is 133 cm³/mol. The summed E-state index contributed by atoms with van der Waals surface area (Å²) < 4.78 is 0. The standard InChI is InChI=1S/C26H28ClNO3S/c1-17(2)32-25-15-20(10-11-23(25)26(30)31)19-8-6-18(7-9-19)12-13-28-16-24(29)21-4-3-5-22(27)14-21/h3-11,14-15,17,24,28-29H,12-13,16H2,1-2H3,(H,30,31)/t24-/m1/s1. The Morgan fingerprint density at radius 1 is 1.03 bits per heavy atom. The molecule has 0 fully saturated rings. The lowest BCUT2D eigenvalue weighted by molar-refractivity contribution is 0.0693. The minimum Gasteiger partial charge on any atom is -0.478 e. The van der Waals surface area contributed by atoms with Crippen LogP contribution in [0.2, 0.25) is 5.02 Å². The van der Waals surface area contributed by atoms with Crippen LogP contribution in [0.25, 0.3) is 11.1 Å². The molecule has 0 unspecified atom stereocenters. The lowest BCUT2D eigenvalue weighted by Gasteiger charge is -2.13. The van der Waals surface area contributed by atoms with Crippen LogP contribution >= 0.6 is 23.4 Å². The van der Waals surface area contributed by atoms with E-state index in [1.54, 1.807) is 30.0 Å². The maximum absolute atomic E-state index is 11.5. The first-order valence-electron chi connectivity index (χ1n) is 10.6. The van der Waals surface area contributed by atoms with Gasteiger partial charge in [-0.15, -0.1) is 11.8 Å². The number of thioether (sulfide) groups is 1. The Bertz CT molecular complexity index is 1050. The first kappa shape index (κ1) is 24.3. The fourth-order valence-corrected chi connectivity index (χ4v) is 4.58. The highest BCUT2D eigenvalue weighted by Gasteiger charge is 2.13. The average molecular weight is 470 g/mol. The SMILES string of the molecule is CC(C)Sc1cc(-c2ccc(CCNC[C@@H](O)c3cccc(Cl)c3)cc2)ccc1C(=O)O. The summed E-state index contributed by atoms with van der Waals surface area (Å²) in [4.78, 5) is 12.3. The summed E-state index contributed by atoms with van der Waals surface area (Å²) in [6.07, 6.45) is 0.248. The van der Waals surface area contributed by atoms with Crippen LogP contribution in [0, 0.1) is 0 Å². The van der Waals surface area contributed by atoms with E-state index in [9.17, 15) is 15.0 Å². The van der Waals surface area contributed by atoms with Crippen molar-refractivity contribution in [3.8, 4) is 11.1 Å². The first-order valence-corrected chi connectivity index (χ1v) is 11.9. The van der Waals surface area contributed by atoms with Gasteiger partial charge in [0.1, 0.15) is 0 Å². The zero-order valence-corrected chi connectivity index (χ0v) is 19.8. The van der Waals surface area contributed by atoms with Crippen molar-refractivity contribution in [2.24, 2.45) is 0 Å². The minimum absolute atomic E-state index is 0.302. The van der Waals surface area contributed by atoms with Gasteiger partial charge in [0.25, 0.3) is 0 Å². The van der Waals surface area contributed by atoms with Crippen molar-refractivity contribution in [2.75, 3.05) is 13.1 Å². The van der Waals surface area contributed by atoms with E-state index in [2.05, 4.69) is 43.4 Å². The lowest BCUT2D eigenvalue weighted by atomic mass is 10.0. The molecule has 0 amide bonds. The van der Waals surface area contributed by atoms with E-state index in [4.69, 9.17) is 11.6 Å². The molecule has 0 spiro atoms. The number of aromatic carboxylic acids is 1. The van der Waals surface area contributed by atoms with Gasteiger partial charge in [-0.1, -0.05) is 67.9 Å². The van der Waals surface area contributed by atoms with E-state index in [-0.39, 0.29) is 0 Å². The largest absolute Gasteiger partial charge is 0.478 e. The topological polar surface area (TPSA) is 69.6 Å². The maximum Gasteiger partial charge on any atom is 0.336 e. The van der Waals surface area contributed by atoms with Gasteiger partial charge in [0.2, 0.25) is 0 Å². The Hall–Kier alpha value is -2.31. The van der Waals surface area contributed by atoms with Gasteiger partial charge < -0.3 is 15.5 Å². The third kappa shape index (κ3) is 6.84. The van der Waals surface area contributed by atoms with Gasteiger partial charge in [0, 0.05) is 21.7 Å². The Morgan fingerprint density at radius 3 is 2.41 bits per heavy atom. The molecule has 0 aliphatic heterocycles. The smallest absolute Gasteiger partial charge is 0.336 e. The van der Waals surface area contributed by atoms with Crippen LogP contribution in [0.1, 0.15) is 41.4 Å². The van der Waals surface area contributed by atoms with Crippen molar-refractivity contribution in [2.45, 2.75) is 36.5 Å². The van der Waals surface area contributed by atoms with Crippen LogP contribution in [-0.2, 0) is 6.42 Å². The van der Waals surface area contributed by atoms with E-state index in [1.807, 2.05) is 24.3 Å². The molecule has 0 heterocycles. The monoisotopic (exact) mass is 469 g/mol. The van der Waals surface area contributed by atoms with Crippen molar-refractivity contribution in [1.82, 2.24) is 5.32 Å². The van der Waals surface area contributed by atoms with Crippen LogP contribution in [0.15, 0.2) is 71.6 Å². The highest BCUT2D eigenvalue weighted by atomic mass is 35.5. The van der Waals surface area contributed by atoms with E-state index in [1.165, 1.54) is 5.56 Å². The second-order valence-corrected chi connectivity index (χ2v) is 9.96. The molecule has 0 saturated carbocycles. The van der Waals surface area contributed by atoms with E-state index in [0.717, 1.165) is 34.6 Å². The number of benzene rings is 3. The number of aliphatic hydroxyl groups excluding tert-OH is 1. The van der Waals surface area contributed by atoms with Crippen LogP contribution in [0.3, 0.4) is 0 Å². The molecule has 1 atom stereocenters. The van der Waals surface area contributed by atoms with Gasteiger partial charge in [0.15, 0.2) is 0 Å². The van der Waals surface area contributed by atoms with Crippen molar-refractivity contribution < 1.29 is 15.0 Å². The summed E-state index contributed by atoms with van der Waals surface area (Å²) in [5, 5.41) is 23.9. The van der Waals surface area contributed by atoms with Crippen LogP contribution in [0.4, 0.5) is 0 Å². The fraction of sp³-hybridized carbons (Fsp3) is 0.269. The molecule has 168 valence electrons. The molecule has 3 rings (SSSR count). The van der Waals surface area contributed by atoms with Crippen LogP contribution < -0.4 is 5.32 Å². The molecule has 0 aromatic heterocycles. The second-order valence-electron chi connectivity index (χ2n) is 7.90. The third-order valence-electron chi connectivity index (χ3n) is 5.02. The quantitative estimate of drug-likeness (QED) is 0.248. The van der Waals surface area contributed by atoms with Gasteiger partial charge >= 0.3 is 5.97 Å². The molecule has 4 nitrogen and oxygen atoms in total. The van der Waals surface area contributed by atoms with E-state index < -0.39 is 12.1 Å². The Morgan fingerprint density at radius 2 is 1.75 bits per heavy atom. The Kier molecular flexibility index (Phi) is 8.76. The van der Waals surface area contributed by atoms with Crippen LogP contribution in [-0.4, -0.2) is 34.5 Å². The van der Waals surface area contributed by atoms with Gasteiger partial charge in [-0.05, 0) is 59.5 Å². The average Bonchev–Trinajstić information content (AvgIpc) is 2.76. The number of carboxylic acids is 1. The number of aliphatic hydroxyl groups is 1. The fourth-order valence-electron chi connectivity index (χ4n) is 3.40. The number of carboxylic acid groups (broad SMARTS) is 1. The highest BCUT2D eigenvalue weighted by Crippen LogP contribution is 2.31. The van der Waals surface area contributed by atoms with E-state index in [0.29, 0.717) is 22.4 Å². The predicted octanol–water partition coefficient (Wildman–Crippen LogP) is 6.07. The van der Waals surface area contributed by atoms with Crippen molar-refractivity contribution in [3.63, 3.8) is 0 Å². The number of hydrogen-bond donors (Lipinski definition) is 3. The zero-order chi connectivity index (χ0) is 23.1. The van der Waals surface area contributed by atoms with Crippen molar-refractivity contribution in [1.29, 1.82) is 0 Å². The van der Waals surface area contributed by atoms with Gasteiger partial charge in [0.05, 0.1) is 11.7 Å². The molecular formula is C26H28ClNO3S. The first-order chi connectivity index (χ1) is 15.3. The van der Waals surface area contributed by atoms with Crippen LogP contribution in [0.5, 0.6) is 0 Å². The minimum atomic E-state index is -0.900. The summed E-state index contributed by atoms with van der Waals surface area (Å²) in [6.45, 7) is 5.32. The van der Waals surface area contributed by atoms with Gasteiger partial charge in [-0.3, -0.25) is 0 Å². The normalized spacial score (nSPS) is 12.2. The maximum atomic E-state index is 11.5. The summed E-state index contributed by atoms with van der Waals surface area (Å²) >= 11 is 7.54. The molecule has 0 aliphatic rings. The number of carbonyl (C=O) groups is 1. The van der Waals surface area contributed by atoms with E-state index >= 15 is 0 Å². The van der Waals surface area contributed by atoms with Crippen molar-refractivity contribution in [3.05, 3.63) is 88.4 Å².